The fourth-order valence-corrected chi connectivity index (χ4v) is 3.54. The summed E-state index contributed by atoms with van der Waals surface area (Å²) in [4.78, 5) is 27.0. The summed E-state index contributed by atoms with van der Waals surface area (Å²) >= 11 is 1.59. The number of nitrogens with zero attached hydrogens (tertiary/aromatic N) is 1. The smallest absolute Gasteiger partial charge is 0.225 e. The Hall–Kier alpha value is -2.14. The first-order valence-electron chi connectivity index (χ1n) is 7.81. The van der Waals surface area contributed by atoms with Gasteiger partial charge in [-0.3, -0.25) is 9.59 Å². The third-order valence-electron chi connectivity index (χ3n) is 4.01. The summed E-state index contributed by atoms with van der Waals surface area (Å²) in [5.74, 6) is 0.409. The van der Waals surface area contributed by atoms with E-state index < -0.39 is 0 Å². The molecule has 1 aliphatic heterocycles. The van der Waals surface area contributed by atoms with Crippen molar-refractivity contribution in [3.8, 4) is 0 Å². The fraction of sp³-hybridized carbons (Fsp3) is 0.333. The molecule has 1 atom stereocenters. The summed E-state index contributed by atoms with van der Waals surface area (Å²) in [6.45, 7) is 1.94. The molecule has 2 amide bonds. The Morgan fingerprint density at radius 3 is 2.78 bits per heavy atom. The minimum absolute atomic E-state index is 0.0291. The van der Waals surface area contributed by atoms with Gasteiger partial charge in [0, 0.05) is 36.9 Å². The molecule has 0 aliphatic carbocycles. The number of amides is 2. The summed E-state index contributed by atoms with van der Waals surface area (Å²) in [5.41, 5.74) is 1.14. The Morgan fingerprint density at radius 2 is 2.04 bits per heavy atom. The van der Waals surface area contributed by atoms with Crippen LogP contribution < -0.4 is 5.32 Å². The normalized spacial score (nSPS) is 17.5. The van der Waals surface area contributed by atoms with Crippen molar-refractivity contribution >= 4 is 23.2 Å². The Balaban J connectivity index is 1.45. The summed E-state index contributed by atoms with van der Waals surface area (Å²) < 4.78 is 0. The van der Waals surface area contributed by atoms with E-state index in [1.807, 2.05) is 52.7 Å². The minimum atomic E-state index is 0.0291. The van der Waals surface area contributed by atoms with Gasteiger partial charge in [-0.25, -0.2) is 0 Å². The van der Waals surface area contributed by atoms with Gasteiger partial charge in [0.1, 0.15) is 0 Å². The second-order valence-electron chi connectivity index (χ2n) is 5.89. The average molecular weight is 328 g/mol. The van der Waals surface area contributed by atoms with E-state index in [2.05, 4.69) is 5.32 Å². The molecule has 2 heterocycles. The van der Waals surface area contributed by atoms with Crippen molar-refractivity contribution in [2.45, 2.75) is 19.4 Å². The van der Waals surface area contributed by atoms with Crippen LogP contribution in [0.5, 0.6) is 0 Å². The number of carbonyl (C=O) groups is 2. The van der Waals surface area contributed by atoms with Gasteiger partial charge >= 0.3 is 0 Å². The van der Waals surface area contributed by atoms with Crippen molar-refractivity contribution in [2.24, 2.45) is 5.92 Å². The summed E-state index contributed by atoms with van der Waals surface area (Å²) in [6.07, 6.45) is 0.943. The lowest BCUT2D eigenvalue weighted by molar-refractivity contribution is -0.128. The predicted octanol–water partition coefficient (Wildman–Crippen LogP) is 2.46. The molecule has 4 nitrogen and oxygen atoms in total. The van der Waals surface area contributed by atoms with Crippen LogP contribution in [0.3, 0.4) is 0 Å². The Bertz CT molecular complexity index is 655. The number of hydrogen-bond acceptors (Lipinski definition) is 3. The van der Waals surface area contributed by atoms with E-state index in [0.717, 1.165) is 10.4 Å². The molecule has 0 bridgehead atoms. The van der Waals surface area contributed by atoms with Crippen molar-refractivity contribution in [1.29, 1.82) is 0 Å². The van der Waals surface area contributed by atoms with Crippen LogP contribution in [-0.2, 0) is 22.6 Å². The molecule has 5 heteroatoms. The second-order valence-corrected chi connectivity index (χ2v) is 6.92. The molecule has 23 heavy (non-hydrogen) atoms. The highest BCUT2D eigenvalue weighted by molar-refractivity contribution is 7.10. The first-order chi connectivity index (χ1) is 11.2. The molecule has 120 valence electrons. The number of rotatable bonds is 6. The third-order valence-corrected chi connectivity index (χ3v) is 4.89. The van der Waals surface area contributed by atoms with Crippen molar-refractivity contribution in [3.05, 3.63) is 58.3 Å². The van der Waals surface area contributed by atoms with Gasteiger partial charge in [0.05, 0.1) is 6.42 Å². The zero-order valence-corrected chi connectivity index (χ0v) is 13.7. The van der Waals surface area contributed by atoms with E-state index in [-0.39, 0.29) is 17.7 Å². The summed E-state index contributed by atoms with van der Waals surface area (Å²) in [6, 6.07) is 13.9. The fourth-order valence-electron chi connectivity index (χ4n) is 2.84. The van der Waals surface area contributed by atoms with Crippen LogP contribution in [0.15, 0.2) is 47.8 Å². The molecule has 1 aromatic carbocycles. The van der Waals surface area contributed by atoms with Crippen LogP contribution in [0.2, 0.25) is 0 Å². The molecule has 0 radical (unpaired) electrons. The standard InChI is InChI=1S/C18H20N2O2S/c21-17(10-16-7-4-8-23-16)19-11-15-9-18(22)20(13-15)12-14-5-2-1-3-6-14/h1-8,15H,9-13H2,(H,19,21). The highest BCUT2D eigenvalue weighted by atomic mass is 32.1. The van der Waals surface area contributed by atoms with Gasteiger partial charge in [0.25, 0.3) is 0 Å². The molecule has 1 aromatic heterocycles. The molecule has 1 fully saturated rings. The van der Waals surface area contributed by atoms with Gasteiger partial charge in [0.15, 0.2) is 0 Å². The summed E-state index contributed by atoms with van der Waals surface area (Å²) in [7, 11) is 0. The third kappa shape index (κ3) is 4.42. The average Bonchev–Trinajstić information content (AvgIpc) is 3.17. The zero-order valence-electron chi connectivity index (χ0n) is 12.9. The predicted molar refractivity (Wildman–Crippen MR) is 91.0 cm³/mol. The number of likely N-dealkylation sites (tertiary alicyclic amines) is 1. The Morgan fingerprint density at radius 1 is 1.22 bits per heavy atom. The minimum Gasteiger partial charge on any atom is -0.355 e. The van der Waals surface area contributed by atoms with Crippen LogP contribution in [0.25, 0.3) is 0 Å². The first-order valence-corrected chi connectivity index (χ1v) is 8.69. The van der Waals surface area contributed by atoms with Crippen molar-refractivity contribution in [3.63, 3.8) is 0 Å². The molecule has 1 unspecified atom stereocenters. The lowest BCUT2D eigenvalue weighted by Crippen LogP contribution is -2.31. The molecule has 3 rings (SSSR count). The number of thiophene rings is 1. The van der Waals surface area contributed by atoms with E-state index in [1.165, 1.54) is 0 Å². The monoisotopic (exact) mass is 328 g/mol. The van der Waals surface area contributed by atoms with E-state index >= 15 is 0 Å². The van der Waals surface area contributed by atoms with Crippen LogP contribution >= 0.6 is 11.3 Å². The molecular formula is C18H20N2O2S. The highest BCUT2D eigenvalue weighted by Gasteiger charge is 2.29. The van der Waals surface area contributed by atoms with Gasteiger partial charge in [0.2, 0.25) is 11.8 Å². The maximum Gasteiger partial charge on any atom is 0.225 e. The summed E-state index contributed by atoms with van der Waals surface area (Å²) in [5, 5.41) is 4.93. The molecule has 0 spiro atoms. The quantitative estimate of drug-likeness (QED) is 0.885. The van der Waals surface area contributed by atoms with Crippen LogP contribution in [0.1, 0.15) is 16.9 Å². The van der Waals surface area contributed by atoms with E-state index in [4.69, 9.17) is 0 Å². The van der Waals surface area contributed by atoms with Crippen LogP contribution in [0, 0.1) is 5.92 Å². The lowest BCUT2D eigenvalue weighted by Gasteiger charge is -2.17. The van der Waals surface area contributed by atoms with Gasteiger partial charge in [-0.15, -0.1) is 11.3 Å². The molecule has 1 N–H and O–H groups in total. The van der Waals surface area contributed by atoms with E-state index in [9.17, 15) is 9.59 Å². The Kier molecular flexibility index (Phi) is 5.08. The molecule has 1 aliphatic rings. The zero-order chi connectivity index (χ0) is 16.1. The number of benzene rings is 1. The van der Waals surface area contributed by atoms with E-state index in [1.54, 1.807) is 11.3 Å². The van der Waals surface area contributed by atoms with E-state index in [0.29, 0.717) is 32.5 Å². The SMILES string of the molecule is O=C(Cc1cccs1)NCC1CC(=O)N(Cc2ccccc2)C1. The van der Waals surface area contributed by atoms with Crippen molar-refractivity contribution < 1.29 is 9.59 Å². The maximum atomic E-state index is 12.1. The van der Waals surface area contributed by atoms with Crippen LogP contribution in [-0.4, -0.2) is 29.8 Å². The topological polar surface area (TPSA) is 49.4 Å². The molecular weight excluding hydrogens is 308 g/mol. The maximum absolute atomic E-state index is 12.1. The lowest BCUT2D eigenvalue weighted by atomic mass is 10.1. The molecule has 1 saturated heterocycles. The van der Waals surface area contributed by atoms with Crippen LogP contribution in [0.4, 0.5) is 0 Å². The Labute approximate surface area is 140 Å². The molecule has 0 saturated carbocycles. The van der Waals surface area contributed by atoms with Crippen molar-refractivity contribution in [2.75, 3.05) is 13.1 Å². The van der Waals surface area contributed by atoms with Gasteiger partial charge in [-0.2, -0.15) is 0 Å². The van der Waals surface area contributed by atoms with Gasteiger partial charge < -0.3 is 10.2 Å². The molecule has 2 aromatic rings. The largest absolute Gasteiger partial charge is 0.355 e. The number of carbonyl (C=O) groups excluding carboxylic acids is 2. The second kappa shape index (κ2) is 7.42. The van der Waals surface area contributed by atoms with Gasteiger partial charge in [-0.05, 0) is 17.0 Å². The highest BCUT2D eigenvalue weighted by Crippen LogP contribution is 2.19. The van der Waals surface area contributed by atoms with Crippen molar-refractivity contribution in [1.82, 2.24) is 10.2 Å². The van der Waals surface area contributed by atoms with Gasteiger partial charge in [-0.1, -0.05) is 36.4 Å². The number of nitrogens with one attached hydrogen (secondary N) is 1. The first kappa shape index (κ1) is 15.7. The number of hydrogen-bond donors (Lipinski definition) is 1.